The molecule has 0 atom stereocenters. The minimum Gasteiger partial charge on any atom is -0.506 e. The van der Waals surface area contributed by atoms with E-state index in [2.05, 4.69) is 5.10 Å². The van der Waals surface area contributed by atoms with Crippen LogP contribution >= 0.6 is 0 Å². The molecule has 2 N–H and O–H groups in total. The fourth-order valence-electron chi connectivity index (χ4n) is 1.73. The summed E-state index contributed by atoms with van der Waals surface area (Å²) >= 11 is 0. The van der Waals surface area contributed by atoms with E-state index in [1.807, 2.05) is 26.0 Å². The van der Waals surface area contributed by atoms with E-state index in [0.29, 0.717) is 5.69 Å². The normalized spacial score (nSPS) is 10.6. The third kappa shape index (κ3) is 2.00. The van der Waals surface area contributed by atoms with Crippen LogP contribution in [-0.4, -0.2) is 20.0 Å². The lowest BCUT2D eigenvalue weighted by atomic mass is 10.1. The van der Waals surface area contributed by atoms with E-state index in [-0.39, 0.29) is 11.4 Å². The second kappa shape index (κ2) is 4.62. The molecule has 0 fully saturated rings. The molecule has 0 aliphatic heterocycles. The van der Waals surface area contributed by atoms with Gasteiger partial charge in [-0.05, 0) is 31.0 Å². The first-order valence-electron chi connectivity index (χ1n) is 5.54. The molecule has 0 aliphatic carbocycles. The van der Waals surface area contributed by atoms with Gasteiger partial charge in [0.2, 0.25) is 0 Å². The summed E-state index contributed by atoms with van der Waals surface area (Å²) in [5, 5.41) is 22.5. The highest BCUT2D eigenvalue weighted by Crippen LogP contribution is 2.17. The standard InChI is InChI=1S/C13H14N2O3/c1-8-4-3-5-11(9(8)2)15-13(18)6-12(17)10(7-16)14-15/h3-6,16-17H,7H2,1-2H3. The molecule has 94 valence electrons. The van der Waals surface area contributed by atoms with E-state index >= 15 is 0 Å². The summed E-state index contributed by atoms with van der Waals surface area (Å²) in [5.74, 6) is -0.288. The average Bonchev–Trinajstić information content (AvgIpc) is 2.34. The maximum atomic E-state index is 11.8. The largest absolute Gasteiger partial charge is 0.506 e. The highest BCUT2D eigenvalue weighted by molar-refractivity contribution is 5.44. The quantitative estimate of drug-likeness (QED) is 0.830. The van der Waals surface area contributed by atoms with Crippen LogP contribution in [0.5, 0.6) is 5.75 Å². The van der Waals surface area contributed by atoms with Crippen LogP contribution in [0.1, 0.15) is 16.8 Å². The molecular formula is C13H14N2O3. The number of aliphatic hydroxyl groups is 1. The average molecular weight is 246 g/mol. The third-order valence-corrected chi connectivity index (χ3v) is 2.94. The Morgan fingerprint density at radius 2 is 2.06 bits per heavy atom. The van der Waals surface area contributed by atoms with Gasteiger partial charge in [0.25, 0.3) is 5.56 Å². The number of aromatic nitrogens is 2. The van der Waals surface area contributed by atoms with E-state index in [1.165, 1.54) is 4.68 Å². The summed E-state index contributed by atoms with van der Waals surface area (Å²) in [6.07, 6.45) is 0. The minimum atomic E-state index is -0.432. The van der Waals surface area contributed by atoms with Crippen molar-refractivity contribution in [2.45, 2.75) is 20.5 Å². The van der Waals surface area contributed by atoms with Crippen LogP contribution in [0, 0.1) is 13.8 Å². The van der Waals surface area contributed by atoms with E-state index in [1.54, 1.807) is 6.07 Å². The van der Waals surface area contributed by atoms with Gasteiger partial charge in [0.05, 0.1) is 12.3 Å². The minimum absolute atomic E-state index is 0.0792. The van der Waals surface area contributed by atoms with E-state index in [9.17, 15) is 9.90 Å². The summed E-state index contributed by atoms with van der Waals surface area (Å²) in [6.45, 7) is 3.42. The molecule has 2 aromatic rings. The van der Waals surface area contributed by atoms with E-state index in [4.69, 9.17) is 5.11 Å². The van der Waals surface area contributed by atoms with Crippen LogP contribution in [0.2, 0.25) is 0 Å². The number of aryl methyl sites for hydroxylation is 1. The van der Waals surface area contributed by atoms with E-state index in [0.717, 1.165) is 17.2 Å². The predicted molar refractivity (Wildman–Crippen MR) is 66.9 cm³/mol. The molecule has 1 aromatic heterocycles. The summed E-state index contributed by atoms with van der Waals surface area (Å²) in [7, 11) is 0. The van der Waals surface area contributed by atoms with Crippen molar-refractivity contribution >= 4 is 0 Å². The lowest BCUT2D eigenvalue weighted by Crippen LogP contribution is -2.22. The lowest BCUT2D eigenvalue weighted by Gasteiger charge is -2.11. The highest BCUT2D eigenvalue weighted by Gasteiger charge is 2.10. The van der Waals surface area contributed by atoms with Crippen LogP contribution in [0.3, 0.4) is 0 Å². The summed E-state index contributed by atoms with van der Waals surface area (Å²) in [5.41, 5.74) is 2.27. The predicted octanol–water partition coefficient (Wildman–Crippen LogP) is 1.05. The molecule has 0 saturated heterocycles. The molecule has 0 amide bonds. The molecule has 0 radical (unpaired) electrons. The Hall–Kier alpha value is -2.14. The molecule has 2 rings (SSSR count). The van der Waals surface area contributed by atoms with Crippen molar-refractivity contribution in [1.82, 2.24) is 9.78 Å². The number of benzene rings is 1. The second-order valence-electron chi connectivity index (χ2n) is 4.10. The summed E-state index contributed by atoms with van der Waals surface area (Å²) < 4.78 is 1.19. The zero-order valence-electron chi connectivity index (χ0n) is 10.2. The zero-order chi connectivity index (χ0) is 13.3. The summed E-state index contributed by atoms with van der Waals surface area (Å²) in [6, 6.07) is 6.60. The number of hydrogen-bond donors (Lipinski definition) is 2. The number of hydrogen-bond acceptors (Lipinski definition) is 4. The number of aliphatic hydroxyl groups excluding tert-OH is 1. The van der Waals surface area contributed by atoms with Gasteiger partial charge in [0.1, 0.15) is 11.4 Å². The summed E-state index contributed by atoms with van der Waals surface area (Å²) in [4.78, 5) is 11.8. The first kappa shape index (κ1) is 12.3. The van der Waals surface area contributed by atoms with Gasteiger partial charge in [-0.3, -0.25) is 4.79 Å². The third-order valence-electron chi connectivity index (χ3n) is 2.94. The van der Waals surface area contributed by atoms with Crippen LogP contribution in [-0.2, 0) is 6.61 Å². The van der Waals surface area contributed by atoms with Crippen molar-refractivity contribution in [3.63, 3.8) is 0 Å². The van der Waals surface area contributed by atoms with Crippen molar-refractivity contribution in [2.24, 2.45) is 0 Å². The van der Waals surface area contributed by atoms with E-state index < -0.39 is 12.2 Å². The van der Waals surface area contributed by atoms with Crippen LogP contribution in [0.4, 0.5) is 0 Å². The van der Waals surface area contributed by atoms with Gasteiger partial charge in [0, 0.05) is 6.07 Å². The Bertz CT molecular complexity index is 647. The maximum Gasteiger partial charge on any atom is 0.275 e. The zero-order valence-corrected chi connectivity index (χ0v) is 10.2. The van der Waals surface area contributed by atoms with Crippen molar-refractivity contribution in [3.05, 3.63) is 51.4 Å². The monoisotopic (exact) mass is 246 g/mol. The van der Waals surface area contributed by atoms with Gasteiger partial charge in [0.15, 0.2) is 0 Å². The van der Waals surface area contributed by atoms with Gasteiger partial charge in [-0.25, -0.2) is 0 Å². The van der Waals surface area contributed by atoms with Gasteiger partial charge in [-0.15, -0.1) is 0 Å². The fourth-order valence-corrected chi connectivity index (χ4v) is 1.73. The second-order valence-corrected chi connectivity index (χ2v) is 4.10. The van der Waals surface area contributed by atoms with Crippen molar-refractivity contribution in [3.8, 4) is 11.4 Å². The van der Waals surface area contributed by atoms with Gasteiger partial charge in [-0.2, -0.15) is 9.78 Å². The van der Waals surface area contributed by atoms with Crippen LogP contribution in [0.25, 0.3) is 5.69 Å². The number of aromatic hydroxyl groups is 1. The Balaban J connectivity index is 2.71. The van der Waals surface area contributed by atoms with Crippen molar-refractivity contribution in [2.75, 3.05) is 0 Å². The topological polar surface area (TPSA) is 75.3 Å². The first-order valence-corrected chi connectivity index (χ1v) is 5.54. The van der Waals surface area contributed by atoms with Crippen LogP contribution < -0.4 is 5.56 Å². The smallest absolute Gasteiger partial charge is 0.275 e. The van der Waals surface area contributed by atoms with Crippen LogP contribution in [0.15, 0.2) is 29.1 Å². The Morgan fingerprint density at radius 1 is 1.33 bits per heavy atom. The molecular weight excluding hydrogens is 232 g/mol. The molecule has 0 bridgehead atoms. The first-order chi connectivity index (χ1) is 8.54. The fraction of sp³-hybridized carbons (Fsp3) is 0.231. The molecule has 0 aliphatic rings. The number of nitrogens with zero attached hydrogens (tertiary/aromatic N) is 2. The molecule has 18 heavy (non-hydrogen) atoms. The van der Waals surface area contributed by atoms with Crippen molar-refractivity contribution < 1.29 is 10.2 Å². The Labute approximate surface area is 104 Å². The SMILES string of the molecule is Cc1cccc(-n2nc(CO)c(O)cc2=O)c1C. The maximum absolute atomic E-state index is 11.8. The highest BCUT2D eigenvalue weighted by atomic mass is 16.3. The molecule has 1 heterocycles. The Kier molecular flexibility index (Phi) is 3.16. The Morgan fingerprint density at radius 3 is 2.72 bits per heavy atom. The molecule has 0 unspecified atom stereocenters. The molecule has 5 nitrogen and oxygen atoms in total. The molecule has 5 heteroatoms. The van der Waals surface area contributed by atoms with Gasteiger partial charge >= 0.3 is 0 Å². The van der Waals surface area contributed by atoms with Crippen molar-refractivity contribution in [1.29, 1.82) is 0 Å². The molecule has 0 saturated carbocycles. The lowest BCUT2D eigenvalue weighted by molar-refractivity contribution is 0.266. The van der Waals surface area contributed by atoms with Gasteiger partial charge in [-0.1, -0.05) is 12.1 Å². The number of rotatable bonds is 2. The molecule has 0 spiro atoms. The molecule has 1 aromatic carbocycles. The van der Waals surface area contributed by atoms with Gasteiger partial charge < -0.3 is 10.2 Å².